The highest BCUT2D eigenvalue weighted by molar-refractivity contribution is 7.85. The molecule has 0 saturated carbocycles. The number of hydrogen-bond donors (Lipinski definition) is 2. The van der Waals surface area contributed by atoms with Crippen LogP contribution >= 0.6 is 11.6 Å². The number of halogens is 1. The van der Waals surface area contributed by atoms with Gasteiger partial charge in [-0.05, 0) is 41.3 Å². The number of amides is 1. The lowest BCUT2D eigenvalue weighted by Gasteiger charge is -2.34. The minimum Gasteiger partial charge on any atom is -0.483 e. The third-order valence-corrected chi connectivity index (χ3v) is 6.69. The Morgan fingerprint density at radius 1 is 1.03 bits per heavy atom. The van der Waals surface area contributed by atoms with Gasteiger partial charge in [0.2, 0.25) is 0 Å². The van der Waals surface area contributed by atoms with Crippen LogP contribution in [-0.2, 0) is 21.5 Å². The van der Waals surface area contributed by atoms with Crippen LogP contribution in [0.5, 0.6) is 5.75 Å². The van der Waals surface area contributed by atoms with Gasteiger partial charge < -0.3 is 15.4 Å². The number of carbonyl (C=O) groups is 1. The van der Waals surface area contributed by atoms with Crippen LogP contribution in [0.4, 0.5) is 5.69 Å². The number of ether oxygens (including phenoxy) is 1. The molecule has 174 valence electrons. The number of nitrogen functional groups attached to an aromatic ring is 1. The molecule has 1 aliphatic heterocycles. The predicted molar refractivity (Wildman–Crippen MR) is 127 cm³/mol. The van der Waals surface area contributed by atoms with Crippen LogP contribution < -0.4 is 10.5 Å². The number of carbonyl (C=O) groups excluding carboxylic acids is 1. The van der Waals surface area contributed by atoms with Gasteiger partial charge in [-0.25, -0.2) is 0 Å². The summed E-state index contributed by atoms with van der Waals surface area (Å²) in [5.41, 5.74) is 7.48. The van der Waals surface area contributed by atoms with Gasteiger partial charge in [0, 0.05) is 54.9 Å². The maximum atomic E-state index is 12.7. The first-order chi connectivity index (χ1) is 15.7. The van der Waals surface area contributed by atoms with Crippen LogP contribution in [0.1, 0.15) is 5.56 Å². The molecule has 0 unspecified atom stereocenters. The zero-order chi connectivity index (χ0) is 23.6. The van der Waals surface area contributed by atoms with Crippen LogP contribution in [0.2, 0.25) is 5.02 Å². The highest BCUT2D eigenvalue weighted by Crippen LogP contribution is 2.31. The van der Waals surface area contributed by atoms with Crippen LogP contribution in [0, 0.1) is 0 Å². The standard InChI is InChI=1S/C23H24ClN3O5S/c24-18-4-1-16(2-5-18)14-26-7-9-27(10-8-26)23(28)15-32-22-13-20(33(29,30)31)11-17-3-6-19(25)12-21(17)22/h1-6,11-13H,7-10,14-15,25H2,(H,29,30,31). The van der Waals surface area contributed by atoms with Gasteiger partial charge in [0.05, 0.1) is 4.90 Å². The van der Waals surface area contributed by atoms with Crippen molar-refractivity contribution >= 4 is 44.1 Å². The molecule has 8 nitrogen and oxygen atoms in total. The highest BCUT2D eigenvalue weighted by atomic mass is 35.5. The maximum absolute atomic E-state index is 12.7. The Bertz CT molecular complexity index is 1270. The monoisotopic (exact) mass is 489 g/mol. The van der Waals surface area contributed by atoms with Crippen molar-refractivity contribution in [2.24, 2.45) is 0 Å². The fourth-order valence-electron chi connectivity index (χ4n) is 3.82. The lowest BCUT2D eigenvalue weighted by molar-refractivity contribution is -0.135. The molecule has 3 aromatic carbocycles. The summed E-state index contributed by atoms with van der Waals surface area (Å²) in [6, 6.07) is 15.1. The Hall–Kier alpha value is -2.85. The topological polar surface area (TPSA) is 113 Å². The first-order valence-corrected chi connectivity index (χ1v) is 12.2. The Kier molecular flexibility index (Phi) is 6.76. The normalized spacial score (nSPS) is 15.0. The molecular weight excluding hydrogens is 466 g/mol. The number of hydrogen-bond acceptors (Lipinski definition) is 6. The van der Waals surface area contributed by atoms with E-state index in [1.165, 1.54) is 12.1 Å². The molecule has 33 heavy (non-hydrogen) atoms. The van der Waals surface area contributed by atoms with Crippen molar-refractivity contribution in [3.8, 4) is 5.75 Å². The molecule has 3 N–H and O–H groups in total. The third-order valence-electron chi connectivity index (χ3n) is 5.61. The van der Waals surface area contributed by atoms with Crippen molar-refractivity contribution < 1.29 is 22.5 Å². The molecule has 1 heterocycles. The van der Waals surface area contributed by atoms with E-state index in [1.54, 1.807) is 23.1 Å². The van der Waals surface area contributed by atoms with Gasteiger partial charge in [-0.15, -0.1) is 0 Å². The number of benzene rings is 3. The lowest BCUT2D eigenvalue weighted by atomic mass is 10.1. The number of nitrogens with two attached hydrogens (primary N) is 1. The minimum atomic E-state index is -4.44. The van der Waals surface area contributed by atoms with Crippen LogP contribution in [-0.4, -0.2) is 61.5 Å². The summed E-state index contributed by atoms with van der Waals surface area (Å²) in [4.78, 5) is 16.4. The maximum Gasteiger partial charge on any atom is 0.294 e. The lowest BCUT2D eigenvalue weighted by Crippen LogP contribution is -2.49. The fraction of sp³-hybridized carbons (Fsp3) is 0.261. The molecule has 0 spiro atoms. The van der Waals surface area contributed by atoms with Crippen molar-refractivity contribution in [2.45, 2.75) is 11.4 Å². The first-order valence-electron chi connectivity index (χ1n) is 10.4. The van der Waals surface area contributed by atoms with E-state index >= 15 is 0 Å². The molecule has 1 amide bonds. The largest absolute Gasteiger partial charge is 0.483 e. The number of nitrogens with zero attached hydrogens (tertiary/aromatic N) is 2. The van der Waals surface area contributed by atoms with E-state index in [2.05, 4.69) is 4.90 Å². The van der Waals surface area contributed by atoms with Gasteiger partial charge in [0.25, 0.3) is 16.0 Å². The van der Waals surface area contributed by atoms with E-state index in [1.807, 2.05) is 24.3 Å². The zero-order valence-electron chi connectivity index (χ0n) is 17.8. The Morgan fingerprint density at radius 3 is 2.39 bits per heavy atom. The Labute approximate surface area is 197 Å². The molecule has 0 atom stereocenters. The number of piperazine rings is 1. The summed E-state index contributed by atoms with van der Waals surface area (Å²) in [6.07, 6.45) is 0. The van der Waals surface area contributed by atoms with E-state index in [0.29, 0.717) is 34.6 Å². The summed E-state index contributed by atoms with van der Waals surface area (Å²) in [7, 11) is -4.44. The molecule has 10 heteroatoms. The van der Waals surface area contributed by atoms with E-state index in [-0.39, 0.29) is 23.2 Å². The molecule has 3 aromatic rings. The summed E-state index contributed by atoms with van der Waals surface area (Å²) >= 11 is 5.94. The van der Waals surface area contributed by atoms with Crippen molar-refractivity contribution in [1.82, 2.24) is 9.80 Å². The molecule has 0 radical (unpaired) electrons. The number of rotatable bonds is 6. The summed E-state index contributed by atoms with van der Waals surface area (Å²) < 4.78 is 38.5. The summed E-state index contributed by atoms with van der Waals surface area (Å²) in [5, 5.41) is 1.78. The molecule has 0 bridgehead atoms. The second-order valence-corrected chi connectivity index (χ2v) is 9.81. The van der Waals surface area contributed by atoms with Crippen LogP contribution in [0.3, 0.4) is 0 Å². The molecule has 1 fully saturated rings. The smallest absolute Gasteiger partial charge is 0.294 e. The number of anilines is 1. The Balaban J connectivity index is 1.40. The second-order valence-electron chi connectivity index (χ2n) is 7.95. The average Bonchev–Trinajstić information content (AvgIpc) is 2.78. The molecule has 0 aliphatic carbocycles. The van der Waals surface area contributed by atoms with E-state index < -0.39 is 10.1 Å². The van der Waals surface area contributed by atoms with Crippen molar-refractivity contribution in [3.05, 3.63) is 65.2 Å². The zero-order valence-corrected chi connectivity index (χ0v) is 19.3. The fourth-order valence-corrected chi connectivity index (χ4v) is 4.48. The van der Waals surface area contributed by atoms with Crippen molar-refractivity contribution in [3.63, 3.8) is 0 Å². The molecular formula is C23H24ClN3O5S. The van der Waals surface area contributed by atoms with Gasteiger partial charge in [0.1, 0.15) is 5.75 Å². The molecule has 1 aliphatic rings. The SMILES string of the molecule is Nc1ccc2cc(S(=O)(=O)O)cc(OCC(=O)N3CCN(Cc4ccc(Cl)cc4)CC3)c2c1. The third kappa shape index (κ3) is 5.75. The highest BCUT2D eigenvalue weighted by Gasteiger charge is 2.22. The van der Waals surface area contributed by atoms with Crippen molar-refractivity contribution in [1.29, 1.82) is 0 Å². The average molecular weight is 490 g/mol. The van der Waals surface area contributed by atoms with Crippen LogP contribution in [0.15, 0.2) is 59.5 Å². The van der Waals surface area contributed by atoms with Crippen LogP contribution in [0.25, 0.3) is 10.8 Å². The molecule has 4 rings (SSSR count). The number of fused-ring (bicyclic) bond motifs is 1. The van der Waals surface area contributed by atoms with E-state index in [0.717, 1.165) is 25.2 Å². The van der Waals surface area contributed by atoms with E-state index in [9.17, 15) is 17.8 Å². The van der Waals surface area contributed by atoms with E-state index in [4.69, 9.17) is 22.1 Å². The second kappa shape index (κ2) is 9.56. The van der Waals surface area contributed by atoms with Gasteiger partial charge in [-0.3, -0.25) is 14.2 Å². The molecule has 0 aromatic heterocycles. The predicted octanol–water partition coefficient (Wildman–Crippen LogP) is 3.05. The minimum absolute atomic E-state index is 0.169. The molecule has 1 saturated heterocycles. The summed E-state index contributed by atoms with van der Waals surface area (Å²) in [6.45, 7) is 3.11. The Morgan fingerprint density at radius 2 is 1.73 bits per heavy atom. The van der Waals surface area contributed by atoms with Gasteiger partial charge in [-0.2, -0.15) is 8.42 Å². The van der Waals surface area contributed by atoms with Crippen molar-refractivity contribution in [2.75, 3.05) is 38.5 Å². The first kappa shape index (κ1) is 23.3. The van der Waals surface area contributed by atoms with Gasteiger partial charge in [0.15, 0.2) is 6.61 Å². The summed E-state index contributed by atoms with van der Waals surface area (Å²) in [5.74, 6) is -0.0300. The quantitative estimate of drug-likeness (QED) is 0.404. The van der Waals surface area contributed by atoms with Gasteiger partial charge >= 0.3 is 0 Å². The van der Waals surface area contributed by atoms with Gasteiger partial charge in [-0.1, -0.05) is 29.8 Å².